The highest BCUT2D eigenvalue weighted by atomic mass is 35.5. The minimum Gasteiger partial charge on any atom is -0.493 e. The first-order chi connectivity index (χ1) is 16.4. The molecule has 0 aliphatic carbocycles. The Morgan fingerprint density at radius 2 is 1.88 bits per heavy atom. The van der Waals surface area contributed by atoms with Crippen LogP contribution in [-0.4, -0.2) is 13.0 Å². The van der Waals surface area contributed by atoms with Crippen molar-refractivity contribution in [3.8, 4) is 23.6 Å². The van der Waals surface area contributed by atoms with Crippen molar-refractivity contribution in [2.24, 2.45) is 0 Å². The van der Waals surface area contributed by atoms with Crippen molar-refractivity contribution >= 4 is 29.3 Å². The van der Waals surface area contributed by atoms with Gasteiger partial charge in [-0.05, 0) is 60.9 Å². The van der Waals surface area contributed by atoms with Crippen molar-refractivity contribution in [3.05, 3.63) is 93.0 Å². The van der Waals surface area contributed by atoms with Crippen molar-refractivity contribution in [3.63, 3.8) is 0 Å². The van der Waals surface area contributed by atoms with E-state index in [0.29, 0.717) is 33.9 Å². The van der Waals surface area contributed by atoms with Gasteiger partial charge in [0.1, 0.15) is 18.2 Å². The molecule has 170 valence electrons. The number of methoxy groups -OCH3 is 1. The quantitative estimate of drug-likeness (QED) is 0.338. The predicted octanol–water partition coefficient (Wildman–Crippen LogP) is 5.96. The molecule has 7 heteroatoms. The molecule has 3 aromatic carbocycles. The molecule has 1 amide bonds. The average molecular weight is 472 g/mol. The van der Waals surface area contributed by atoms with Gasteiger partial charge < -0.3 is 14.8 Å². The van der Waals surface area contributed by atoms with Gasteiger partial charge >= 0.3 is 0 Å². The molecule has 0 fully saturated rings. The Hall–Kier alpha value is -4.26. The third-order valence-corrected chi connectivity index (χ3v) is 5.57. The molecular weight excluding hydrogens is 450 g/mol. The summed E-state index contributed by atoms with van der Waals surface area (Å²) >= 11 is 6.44. The van der Waals surface area contributed by atoms with Crippen LogP contribution in [-0.2, 0) is 11.4 Å². The van der Waals surface area contributed by atoms with E-state index in [1.807, 2.05) is 38.1 Å². The monoisotopic (exact) mass is 471 g/mol. The number of ether oxygens (including phenoxy) is 2. The van der Waals surface area contributed by atoms with Gasteiger partial charge in [0.2, 0.25) is 0 Å². The normalized spacial score (nSPS) is 10.7. The van der Waals surface area contributed by atoms with Gasteiger partial charge in [-0.2, -0.15) is 10.5 Å². The van der Waals surface area contributed by atoms with Crippen LogP contribution in [0.25, 0.3) is 6.08 Å². The van der Waals surface area contributed by atoms with Crippen LogP contribution in [0.15, 0.2) is 60.2 Å². The molecule has 3 rings (SSSR count). The molecule has 0 atom stereocenters. The Bertz CT molecular complexity index is 1350. The van der Waals surface area contributed by atoms with Crippen molar-refractivity contribution in [2.75, 3.05) is 12.4 Å². The van der Waals surface area contributed by atoms with Crippen LogP contribution in [0.5, 0.6) is 11.5 Å². The van der Waals surface area contributed by atoms with Gasteiger partial charge in [0, 0.05) is 11.3 Å². The molecule has 0 bridgehead atoms. The van der Waals surface area contributed by atoms with E-state index in [4.69, 9.17) is 21.1 Å². The lowest BCUT2D eigenvalue weighted by Gasteiger charge is -2.14. The minimum absolute atomic E-state index is 0.0874. The molecule has 0 aromatic heterocycles. The van der Waals surface area contributed by atoms with Gasteiger partial charge in [-0.1, -0.05) is 41.9 Å². The number of nitrogens with zero attached hydrogens (tertiary/aromatic N) is 2. The van der Waals surface area contributed by atoms with Crippen molar-refractivity contribution in [1.82, 2.24) is 0 Å². The zero-order valence-corrected chi connectivity index (χ0v) is 19.7. The van der Waals surface area contributed by atoms with Gasteiger partial charge in [-0.3, -0.25) is 4.79 Å². The van der Waals surface area contributed by atoms with Crippen LogP contribution in [0.2, 0.25) is 5.02 Å². The van der Waals surface area contributed by atoms with Crippen molar-refractivity contribution < 1.29 is 14.3 Å². The summed E-state index contributed by atoms with van der Waals surface area (Å²) in [6.07, 6.45) is 1.43. The third kappa shape index (κ3) is 5.56. The number of rotatable bonds is 7. The molecule has 0 aliphatic rings. The molecule has 0 saturated carbocycles. The molecule has 0 saturated heterocycles. The lowest BCUT2D eigenvalue weighted by molar-refractivity contribution is -0.112. The summed E-state index contributed by atoms with van der Waals surface area (Å²) in [6.45, 7) is 3.97. The Kier molecular flexibility index (Phi) is 7.92. The summed E-state index contributed by atoms with van der Waals surface area (Å²) in [5.41, 5.74) is 4.23. The number of nitrogens with one attached hydrogen (secondary N) is 1. The summed E-state index contributed by atoms with van der Waals surface area (Å²) in [5.74, 6) is 0.104. The van der Waals surface area contributed by atoms with Crippen LogP contribution in [0, 0.1) is 36.5 Å². The smallest absolute Gasteiger partial charge is 0.266 e. The highest BCUT2D eigenvalue weighted by Gasteiger charge is 2.16. The number of aryl methyl sites for hydroxylation is 1. The fraction of sp³-hybridized carbons (Fsp3) is 0.148. The summed E-state index contributed by atoms with van der Waals surface area (Å²) < 4.78 is 11.3. The number of carbonyl (C=O) groups is 1. The van der Waals surface area contributed by atoms with Gasteiger partial charge in [0.05, 0.1) is 23.8 Å². The van der Waals surface area contributed by atoms with Gasteiger partial charge in [-0.25, -0.2) is 0 Å². The third-order valence-electron chi connectivity index (χ3n) is 5.29. The van der Waals surface area contributed by atoms with E-state index in [1.54, 1.807) is 36.4 Å². The molecule has 3 aromatic rings. The molecular formula is C27H22ClN3O3. The second-order valence-electron chi connectivity index (χ2n) is 7.46. The zero-order chi connectivity index (χ0) is 24.7. The zero-order valence-electron chi connectivity index (χ0n) is 19.0. The maximum absolute atomic E-state index is 12.7. The summed E-state index contributed by atoms with van der Waals surface area (Å²) in [7, 11) is 1.47. The average Bonchev–Trinajstić information content (AvgIpc) is 2.84. The van der Waals surface area contributed by atoms with E-state index in [-0.39, 0.29) is 17.2 Å². The Morgan fingerprint density at radius 3 is 2.59 bits per heavy atom. The maximum Gasteiger partial charge on any atom is 0.266 e. The number of anilines is 1. The van der Waals surface area contributed by atoms with Crippen LogP contribution >= 0.6 is 11.6 Å². The summed E-state index contributed by atoms with van der Waals surface area (Å²) in [4.78, 5) is 12.7. The lowest BCUT2D eigenvalue weighted by atomic mass is 10.1. The highest BCUT2D eigenvalue weighted by Crippen LogP contribution is 2.37. The number of nitriles is 2. The maximum atomic E-state index is 12.7. The first-order valence-electron chi connectivity index (χ1n) is 10.4. The number of hydrogen-bond acceptors (Lipinski definition) is 5. The topological polar surface area (TPSA) is 95.1 Å². The summed E-state index contributed by atoms with van der Waals surface area (Å²) in [5, 5.41) is 21.9. The minimum atomic E-state index is -0.528. The van der Waals surface area contributed by atoms with E-state index in [2.05, 4.69) is 11.4 Å². The molecule has 0 heterocycles. The largest absolute Gasteiger partial charge is 0.493 e. The standard InChI is InChI=1S/C27H22ClN3O3/c1-17-7-6-10-24(18(17)2)31-27(32)22(15-30)11-19-12-23(28)26(25(13-19)33-3)34-16-21-9-5-4-8-20(21)14-29/h4-13H,16H2,1-3H3,(H,31,32)/b22-11+. The van der Waals surface area contributed by atoms with E-state index in [9.17, 15) is 15.3 Å². The van der Waals surface area contributed by atoms with E-state index >= 15 is 0 Å². The fourth-order valence-corrected chi connectivity index (χ4v) is 3.53. The second kappa shape index (κ2) is 11.0. The Balaban J connectivity index is 1.86. The molecule has 0 aliphatic heterocycles. The highest BCUT2D eigenvalue weighted by molar-refractivity contribution is 6.32. The van der Waals surface area contributed by atoms with E-state index < -0.39 is 5.91 Å². The van der Waals surface area contributed by atoms with Crippen LogP contribution in [0.4, 0.5) is 5.69 Å². The SMILES string of the molecule is COc1cc(/C=C(\C#N)C(=O)Nc2cccc(C)c2C)cc(Cl)c1OCc1ccccc1C#N. The number of benzene rings is 3. The Morgan fingerprint density at radius 1 is 1.12 bits per heavy atom. The van der Waals surface area contributed by atoms with Gasteiger partial charge in [0.15, 0.2) is 11.5 Å². The molecule has 0 spiro atoms. The van der Waals surface area contributed by atoms with Crippen molar-refractivity contribution in [1.29, 1.82) is 10.5 Å². The number of carbonyl (C=O) groups excluding carboxylic acids is 1. The van der Waals surface area contributed by atoms with Crippen LogP contribution < -0.4 is 14.8 Å². The van der Waals surface area contributed by atoms with Gasteiger partial charge in [-0.15, -0.1) is 0 Å². The lowest BCUT2D eigenvalue weighted by Crippen LogP contribution is -2.14. The molecule has 1 N–H and O–H groups in total. The van der Waals surface area contributed by atoms with E-state index in [0.717, 1.165) is 11.1 Å². The molecule has 0 radical (unpaired) electrons. The summed E-state index contributed by atoms with van der Waals surface area (Å²) in [6, 6.07) is 19.9. The van der Waals surface area contributed by atoms with E-state index in [1.165, 1.54) is 13.2 Å². The molecule has 6 nitrogen and oxygen atoms in total. The van der Waals surface area contributed by atoms with Gasteiger partial charge in [0.25, 0.3) is 5.91 Å². The predicted molar refractivity (Wildman–Crippen MR) is 132 cm³/mol. The number of halogens is 1. The first kappa shape index (κ1) is 24.4. The number of amides is 1. The van der Waals surface area contributed by atoms with Crippen LogP contribution in [0.1, 0.15) is 27.8 Å². The second-order valence-corrected chi connectivity index (χ2v) is 7.87. The van der Waals surface area contributed by atoms with Crippen LogP contribution in [0.3, 0.4) is 0 Å². The Labute approximate surface area is 203 Å². The fourth-order valence-electron chi connectivity index (χ4n) is 3.26. The molecule has 34 heavy (non-hydrogen) atoms. The molecule has 0 unspecified atom stereocenters. The number of hydrogen-bond donors (Lipinski definition) is 1. The van der Waals surface area contributed by atoms with Crippen molar-refractivity contribution in [2.45, 2.75) is 20.5 Å². The first-order valence-corrected chi connectivity index (χ1v) is 10.7.